The van der Waals surface area contributed by atoms with Gasteiger partial charge in [-0.15, -0.1) is 0 Å². The predicted octanol–water partition coefficient (Wildman–Crippen LogP) is 2.59. The van der Waals surface area contributed by atoms with Crippen LogP contribution >= 0.6 is 0 Å². The zero-order valence-corrected chi connectivity index (χ0v) is 13.8. The van der Waals surface area contributed by atoms with Crippen molar-refractivity contribution in [1.82, 2.24) is 0 Å². The first-order chi connectivity index (χ1) is 10.9. The number of hydrogen-bond donors (Lipinski definition) is 1. The summed E-state index contributed by atoms with van der Waals surface area (Å²) in [5.74, 6) is -0.0203. The van der Waals surface area contributed by atoms with Gasteiger partial charge in [-0.05, 0) is 42.8 Å². The second-order valence-electron chi connectivity index (χ2n) is 4.77. The summed E-state index contributed by atoms with van der Waals surface area (Å²) in [6, 6.07) is 10.8. The fourth-order valence-corrected chi connectivity index (χ4v) is 3.25. The summed E-state index contributed by atoms with van der Waals surface area (Å²) >= 11 is 0. The molecule has 23 heavy (non-hydrogen) atoms. The van der Waals surface area contributed by atoms with E-state index in [4.69, 9.17) is 4.74 Å². The highest BCUT2D eigenvalue weighted by atomic mass is 32.2. The Morgan fingerprint density at radius 2 is 1.78 bits per heavy atom. The monoisotopic (exact) mass is 335 g/mol. The smallest absolute Gasteiger partial charge is 0.339 e. The maximum Gasteiger partial charge on any atom is 0.339 e. The highest BCUT2D eigenvalue weighted by Gasteiger charge is 2.19. The molecule has 0 aliphatic heterocycles. The van der Waals surface area contributed by atoms with Crippen LogP contribution in [-0.4, -0.2) is 28.6 Å². The Labute approximate surface area is 135 Å². The SMILES string of the molecule is COC(=O)c1ccccc1NS(=O)(=O)c1ccc(OC)c(C)c1. The zero-order valence-electron chi connectivity index (χ0n) is 13.0. The number of rotatable bonds is 5. The number of nitrogens with one attached hydrogen (secondary N) is 1. The molecule has 122 valence electrons. The van der Waals surface area contributed by atoms with Crippen LogP contribution in [0.5, 0.6) is 5.75 Å². The molecule has 0 atom stereocenters. The van der Waals surface area contributed by atoms with Crippen molar-refractivity contribution in [3.63, 3.8) is 0 Å². The van der Waals surface area contributed by atoms with E-state index in [0.717, 1.165) is 0 Å². The number of sulfonamides is 1. The van der Waals surface area contributed by atoms with E-state index in [0.29, 0.717) is 11.3 Å². The van der Waals surface area contributed by atoms with Gasteiger partial charge < -0.3 is 9.47 Å². The van der Waals surface area contributed by atoms with Gasteiger partial charge in [-0.2, -0.15) is 0 Å². The van der Waals surface area contributed by atoms with E-state index in [1.165, 1.54) is 38.5 Å². The Morgan fingerprint density at radius 1 is 1.09 bits per heavy atom. The average Bonchev–Trinajstić information content (AvgIpc) is 2.54. The van der Waals surface area contributed by atoms with Crippen molar-refractivity contribution in [2.45, 2.75) is 11.8 Å². The standard InChI is InChI=1S/C16H17NO5S/c1-11-10-12(8-9-15(11)21-2)23(19,20)17-14-7-5-4-6-13(14)16(18)22-3/h4-10,17H,1-3H3. The Morgan fingerprint density at radius 3 is 2.39 bits per heavy atom. The molecule has 7 heteroatoms. The molecular formula is C16H17NO5S. The molecule has 0 aliphatic rings. The van der Waals surface area contributed by atoms with E-state index in [1.807, 2.05) is 0 Å². The minimum absolute atomic E-state index is 0.0791. The Bertz CT molecular complexity index is 830. The molecule has 6 nitrogen and oxygen atoms in total. The highest BCUT2D eigenvalue weighted by Crippen LogP contribution is 2.24. The van der Waals surface area contributed by atoms with Crippen molar-refractivity contribution < 1.29 is 22.7 Å². The number of para-hydroxylation sites is 1. The second-order valence-corrected chi connectivity index (χ2v) is 6.46. The fourth-order valence-electron chi connectivity index (χ4n) is 2.08. The van der Waals surface area contributed by atoms with Gasteiger partial charge in [-0.25, -0.2) is 13.2 Å². The van der Waals surface area contributed by atoms with Crippen molar-refractivity contribution in [2.75, 3.05) is 18.9 Å². The van der Waals surface area contributed by atoms with Gasteiger partial charge >= 0.3 is 5.97 Å². The van der Waals surface area contributed by atoms with Crippen LogP contribution in [0.3, 0.4) is 0 Å². The molecule has 0 unspecified atom stereocenters. The van der Waals surface area contributed by atoms with Crippen molar-refractivity contribution >= 4 is 21.7 Å². The maximum absolute atomic E-state index is 12.5. The van der Waals surface area contributed by atoms with Gasteiger partial charge in [0, 0.05) is 0 Å². The molecule has 0 radical (unpaired) electrons. The molecule has 0 heterocycles. The number of hydrogen-bond acceptors (Lipinski definition) is 5. The lowest BCUT2D eigenvalue weighted by Crippen LogP contribution is -2.16. The maximum atomic E-state index is 12.5. The van der Waals surface area contributed by atoms with Gasteiger partial charge in [0.1, 0.15) is 5.75 Å². The summed E-state index contributed by atoms with van der Waals surface area (Å²) < 4.78 is 37.2. The van der Waals surface area contributed by atoms with Gasteiger partial charge in [0.05, 0.1) is 30.4 Å². The van der Waals surface area contributed by atoms with Gasteiger partial charge in [-0.1, -0.05) is 12.1 Å². The molecule has 2 aromatic carbocycles. The van der Waals surface area contributed by atoms with Crippen LogP contribution in [0.1, 0.15) is 15.9 Å². The summed E-state index contributed by atoms with van der Waals surface area (Å²) in [7, 11) is -1.09. The molecule has 0 aromatic heterocycles. The van der Waals surface area contributed by atoms with Crippen molar-refractivity contribution in [3.8, 4) is 5.75 Å². The Hall–Kier alpha value is -2.54. The highest BCUT2D eigenvalue weighted by molar-refractivity contribution is 7.92. The third kappa shape index (κ3) is 3.62. The Kier molecular flexibility index (Phi) is 4.90. The fraction of sp³-hybridized carbons (Fsp3) is 0.188. The molecule has 0 spiro atoms. The van der Waals surface area contributed by atoms with E-state index >= 15 is 0 Å². The van der Waals surface area contributed by atoms with Crippen molar-refractivity contribution in [2.24, 2.45) is 0 Å². The number of esters is 1. The van der Waals surface area contributed by atoms with Crippen LogP contribution in [0, 0.1) is 6.92 Å². The van der Waals surface area contributed by atoms with Gasteiger partial charge in [0.25, 0.3) is 10.0 Å². The first-order valence-corrected chi connectivity index (χ1v) is 8.22. The molecule has 0 amide bonds. The van der Waals surface area contributed by atoms with Crippen LogP contribution in [-0.2, 0) is 14.8 Å². The van der Waals surface area contributed by atoms with Gasteiger partial charge in [0.2, 0.25) is 0 Å². The van der Waals surface area contributed by atoms with Crippen molar-refractivity contribution in [3.05, 3.63) is 53.6 Å². The lowest BCUT2D eigenvalue weighted by molar-refractivity contribution is 0.0602. The minimum atomic E-state index is -3.84. The molecule has 1 N–H and O–H groups in total. The number of benzene rings is 2. The van der Waals surface area contributed by atoms with Crippen LogP contribution in [0.25, 0.3) is 0 Å². The normalized spacial score (nSPS) is 10.9. The number of carbonyl (C=O) groups excluding carboxylic acids is 1. The largest absolute Gasteiger partial charge is 0.496 e. The molecule has 0 saturated heterocycles. The number of carbonyl (C=O) groups is 1. The predicted molar refractivity (Wildman–Crippen MR) is 86.3 cm³/mol. The third-order valence-corrected chi connectivity index (χ3v) is 4.62. The van der Waals surface area contributed by atoms with Crippen molar-refractivity contribution in [1.29, 1.82) is 0 Å². The van der Waals surface area contributed by atoms with Crippen LogP contribution < -0.4 is 9.46 Å². The second kappa shape index (κ2) is 6.70. The van der Waals surface area contributed by atoms with Gasteiger partial charge in [0.15, 0.2) is 0 Å². The molecular weight excluding hydrogens is 318 g/mol. The average molecular weight is 335 g/mol. The summed E-state index contributed by atoms with van der Waals surface area (Å²) in [5, 5.41) is 0. The summed E-state index contributed by atoms with van der Waals surface area (Å²) in [6.07, 6.45) is 0. The molecule has 0 aliphatic carbocycles. The third-order valence-electron chi connectivity index (χ3n) is 3.25. The van der Waals surface area contributed by atoms with E-state index in [9.17, 15) is 13.2 Å². The van der Waals surface area contributed by atoms with E-state index in [-0.39, 0.29) is 16.1 Å². The number of anilines is 1. The van der Waals surface area contributed by atoms with Gasteiger partial charge in [-0.3, -0.25) is 4.72 Å². The first kappa shape index (κ1) is 16.8. The minimum Gasteiger partial charge on any atom is -0.496 e. The summed E-state index contributed by atoms with van der Waals surface area (Å²) in [5.41, 5.74) is 0.994. The van der Waals surface area contributed by atoms with Crippen LogP contribution in [0.4, 0.5) is 5.69 Å². The first-order valence-electron chi connectivity index (χ1n) is 6.74. The summed E-state index contributed by atoms with van der Waals surface area (Å²) in [6.45, 7) is 1.75. The Balaban J connectivity index is 2.39. The zero-order chi connectivity index (χ0) is 17.0. The summed E-state index contributed by atoms with van der Waals surface area (Å²) in [4.78, 5) is 11.8. The van der Waals surface area contributed by atoms with Crippen LogP contribution in [0.15, 0.2) is 47.4 Å². The molecule has 2 aromatic rings. The quantitative estimate of drug-likeness (QED) is 0.849. The molecule has 0 saturated carbocycles. The van der Waals surface area contributed by atoms with E-state index in [2.05, 4.69) is 9.46 Å². The number of methoxy groups -OCH3 is 2. The number of ether oxygens (including phenoxy) is 2. The van der Waals surface area contributed by atoms with E-state index < -0.39 is 16.0 Å². The molecule has 0 fully saturated rings. The molecule has 0 bridgehead atoms. The topological polar surface area (TPSA) is 81.7 Å². The lowest BCUT2D eigenvalue weighted by atomic mass is 10.2. The van der Waals surface area contributed by atoms with E-state index in [1.54, 1.807) is 25.1 Å². The molecule has 2 rings (SSSR count). The van der Waals surface area contributed by atoms with Crippen LogP contribution in [0.2, 0.25) is 0 Å². The number of aryl methyl sites for hydroxylation is 1. The lowest BCUT2D eigenvalue weighted by Gasteiger charge is -2.12.